The van der Waals surface area contributed by atoms with Crippen LogP contribution in [0.2, 0.25) is 0 Å². The molecule has 2 unspecified atom stereocenters. The zero-order valence-electron chi connectivity index (χ0n) is 12.7. The first-order chi connectivity index (χ1) is 10.9. The van der Waals surface area contributed by atoms with Gasteiger partial charge in [-0.25, -0.2) is 0 Å². The van der Waals surface area contributed by atoms with Crippen molar-refractivity contribution in [2.75, 3.05) is 26.3 Å². The summed E-state index contributed by atoms with van der Waals surface area (Å²) in [6, 6.07) is 4.48. The standard InChI is InChI=1S/C15H17BrN2O5/c1-10-15(4-6-22-10)9-17(5-7-23-15)14(19)12-3-2-11(16)8-13(12)18(20)21/h2-3,8,10H,4-7,9H2,1H3. The number of nitrogens with zero attached hydrogens (tertiary/aromatic N) is 2. The molecule has 2 heterocycles. The smallest absolute Gasteiger partial charge is 0.283 e. The van der Waals surface area contributed by atoms with E-state index in [2.05, 4.69) is 15.9 Å². The highest BCUT2D eigenvalue weighted by molar-refractivity contribution is 9.10. The molecule has 2 aliphatic rings. The molecule has 1 spiro atoms. The maximum atomic E-state index is 12.8. The summed E-state index contributed by atoms with van der Waals surface area (Å²) in [5.41, 5.74) is -0.597. The van der Waals surface area contributed by atoms with Crippen LogP contribution in [-0.2, 0) is 9.47 Å². The molecule has 124 valence electrons. The van der Waals surface area contributed by atoms with Gasteiger partial charge in [-0.15, -0.1) is 0 Å². The second-order valence-corrected chi connectivity index (χ2v) is 6.74. The molecule has 0 bridgehead atoms. The van der Waals surface area contributed by atoms with Gasteiger partial charge in [0.15, 0.2) is 0 Å². The molecule has 8 heteroatoms. The number of carbonyl (C=O) groups excluding carboxylic acids is 1. The second kappa shape index (κ2) is 6.18. The summed E-state index contributed by atoms with van der Waals surface area (Å²) >= 11 is 3.20. The Morgan fingerprint density at radius 2 is 2.26 bits per heavy atom. The van der Waals surface area contributed by atoms with Gasteiger partial charge in [0.1, 0.15) is 11.2 Å². The second-order valence-electron chi connectivity index (χ2n) is 5.82. The SMILES string of the molecule is CC1OCCC12CN(C(=O)c1ccc(Br)cc1[N+](=O)[O-])CCO2. The molecule has 1 amide bonds. The fraction of sp³-hybridized carbons (Fsp3) is 0.533. The Bertz CT molecular complexity index is 653. The number of ether oxygens (including phenoxy) is 2. The molecular weight excluding hydrogens is 368 g/mol. The van der Waals surface area contributed by atoms with Crippen LogP contribution in [0.3, 0.4) is 0 Å². The Labute approximate surface area is 141 Å². The van der Waals surface area contributed by atoms with Gasteiger partial charge >= 0.3 is 0 Å². The number of carbonyl (C=O) groups is 1. The van der Waals surface area contributed by atoms with Gasteiger partial charge in [0.25, 0.3) is 11.6 Å². The fourth-order valence-electron chi connectivity index (χ4n) is 3.15. The van der Waals surface area contributed by atoms with Crippen LogP contribution in [0.25, 0.3) is 0 Å². The van der Waals surface area contributed by atoms with Crippen molar-refractivity contribution in [3.8, 4) is 0 Å². The number of morpholine rings is 1. The van der Waals surface area contributed by atoms with Crippen LogP contribution in [-0.4, -0.2) is 53.7 Å². The third-order valence-electron chi connectivity index (χ3n) is 4.52. The molecule has 0 aliphatic carbocycles. The molecule has 2 atom stereocenters. The van der Waals surface area contributed by atoms with Gasteiger partial charge in [-0.2, -0.15) is 0 Å². The summed E-state index contributed by atoms with van der Waals surface area (Å²) in [5.74, 6) is -0.342. The Hall–Kier alpha value is -1.51. The van der Waals surface area contributed by atoms with E-state index >= 15 is 0 Å². The summed E-state index contributed by atoms with van der Waals surface area (Å²) < 4.78 is 12.0. The fourth-order valence-corrected chi connectivity index (χ4v) is 3.50. The summed E-state index contributed by atoms with van der Waals surface area (Å²) in [4.78, 5) is 25.1. The van der Waals surface area contributed by atoms with Crippen molar-refractivity contribution in [2.24, 2.45) is 0 Å². The minimum Gasteiger partial charge on any atom is -0.375 e. The van der Waals surface area contributed by atoms with E-state index in [1.54, 1.807) is 11.0 Å². The minimum atomic E-state index is -0.532. The van der Waals surface area contributed by atoms with Gasteiger partial charge in [-0.1, -0.05) is 15.9 Å². The lowest BCUT2D eigenvalue weighted by atomic mass is 9.93. The Kier molecular flexibility index (Phi) is 4.39. The molecule has 1 aromatic carbocycles. The van der Waals surface area contributed by atoms with E-state index in [0.29, 0.717) is 30.8 Å². The Balaban J connectivity index is 1.87. The quantitative estimate of drug-likeness (QED) is 0.577. The van der Waals surface area contributed by atoms with E-state index in [0.717, 1.165) is 6.42 Å². The van der Waals surface area contributed by atoms with Crippen molar-refractivity contribution in [3.05, 3.63) is 38.3 Å². The highest BCUT2D eigenvalue weighted by Crippen LogP contribution is 2.34. The zero-order valence-corrected chi connectivity index (χ0v) is 14.2. The summed E-state index contributed by atoms with van der Waals surface area (Å²) in [6.07, 6.45) is 0.624. The van der Waals surface area contributed by atoms with E-state index in [9.17, 15) is 14.9 Å². The highest BCUT2D eigenvalue weighted by atomic mass is 79.9. The monoisotopic (exact) mass is 384 g/mol. The molecule has 7 nitrogen and oxygen atoms in total. The Morgan fingerprint density at radius 3 is 2.91 bits per heavy atom. The molecule has 0 radical (unpaired) electrons. The number of hydrogen-bond acceptors (Lipinski definition) is 5. The molecule has 0 aromatic heterocycles. The number of amides is 1. The third-order valence-corrected chi connectivity index (χ3v) is 5.01. The van der Waals surface area contributed by atoms with Crippen LogP contribution in [0.15, 0.2) is 22.7 Å². The summed E-state index contributed by atoms with van der Waals surface area (Å²) in [6.45, 7) is 3.75. The maximum absolute atomic E-state index is 12.8. The average molecular weight is 385 g/mol. The molecule has 1 aromatic rings. The van der Waals surface area contributed by atoms with Gasteiger partial charge in [0, 0.05) is 30.1 Å². The number of halogens is 1. The van der Waals surface area contributed by atoms with E-state index < -0.39 is 10.5 Å². The molecule has 23 heavy (non-hydrogen) atoms. The lowest BCUT2D eigenvalue weighted by Crippen LogP contribution is -2.56. The van der Waals surface area contributed by atoms with Gasteiger partial charge in [0.05, 0.1) is 24.2 Å². The van der Waals surface area contributed by atoms with E-state index in [-0.39, 0.29) is 23.3 Å². The van der Waals surface area contributed by atoms with Crippen molar-refractivity contribution in [1.29, 1.82) is 0 Å². The van der Waals surface area contributed by atoms with Crippen LogP contribution in [0.1, 0.15) is 23.7 Å². The van der Waals surface area contributed by atoms with Crippen molar-refractivity contribution in [2.45, 2.75) is 25.0 Å². The predicted octanol–water partition coefficient (Wildman–Crippen LogP) is 2.38. The molecule has 2 saturated heterocycles. The summed E-state index contributed by atoms with van der Waals surface area (Å²) in [5, 5.41) is 11.2. The molecule has 2 aliphatic heterocycles. The van der Waals surface area contributed by atoms with Crippen molar-refractivity contribution in [3.63, 3.8) is 0 Å². The van der Waals surface area contributed by atoms with E-state index in [1.807, 2.05) is 6.92 Å². The van der Waals surface area contributed by atoms with Gasteiger partial charge < -0.3 is 14.4 Å². The van der Waals surface area contributed by atoms with Crippen molar-refractivity contribution < 1.29 is 19.2 Å². The number of hydrogen-bond donors (Lipinski definition) is 0. The van der Waals surface area contributed by atoms with Gasteiger partial charge in [-0.05, 0) is 19.1 Å². The maximum Gasteiger partial charge on any atom is 0.283 e. The van der Waals surface area contributed by atoms with Crippen LogP contribution in [0.4, 0.5) is 5.69 Å². The molecule has 2 fully saturated rings. The number of nitro groups is 1. The molecule has 0 saturated carbocycles. The lowest BCUT2D eigenvalue weighted by molar-refractivity contribution is -0.385. The summed E-state index contributed by atoms with van der Waals surface area (Å²) in [7, 11) is 0. The zero-order chi connectivity index (χ0) is 16.6. The minimum absolute atomic E-state index is 0.0989. The molecular formula is C15H17BrN2O5. The number of rotatable bonds is 2. The van der Waals surface area contributed by atoms with Crippen molar-refractivity contribution >= 4 is 27.5 Å². The first-order valence-electron chi connectivity index (χ1n) is 7.42. The van der Waals surface area contributed by atoms with Crippen LogP contribution in [0.5, 0.6) is 0 Å². The van der Waals surface area contributed by atoms with Crippen LogP contribution >= 0.6 is 15.9 Å². The number of nitro benzene ring substituents is 1. The lowest BCUT2D eigenvalue weighted by Gasteiger charge is -2.42. The average Bonchev–Trinajstić information content (AvgIpc) is 2.87. The molecule has 0 N–H and O–H groups in total. The predicted molar refractivity (Wildman–Crippen MR) is 85.4 cm³/mol. The Morgan fingerprint density at radius 1 is 1.48 bits per heavy atom. The first kappa shape index (κ1) is 16.4. The van der Waals surface area contributed by atoms with Gasteiger partial charge in [0.2, 0.25) is 0 Å². The first-order valence-corrected chi connectivity index (χ1v) is 8.21. The van der Waals surface area contributed by atoms with E-state index in [4.69, 9.17) is 9.47 Å². The largest absolute Gasteiger partial charge is 0.375 e. The number of benzene rings is 1. The van der Waals surface area contributed by atoms with E-state index in [1.165, 1.54) is 12.1 Å². The van der Waals surface area contributed by atoms with Crippen LogP contribution < -0.4 is 0 Å². The van der Waals surface area contributed by atoms with Gasteiger partial charge in [-0.3, -0.25) is 14.9 Å². The normalized spacial score (nSPS) is 27.4. The van der Waals surface area contributed by atoms with Crippen LogP contribution in [0, 0.1) is 10.1 Å². The third kappa shape index (κ3) is 2.98. The molecule has 3 rings (SSSR count). The highest BCUT2D eigenvalue weighted by Gasteiger charge is 2.47. The topological polar surface area (TPSA) is 81.9 Å². The van der Waals surface area contributed by atoms with Crippen molar-refractivity contribution in [1.82, 2.24) is 4.90 Å².